The van der Waals surface area contributed by atoms with Gasteiger partial charge in [0.05, 0.1) is 18.1 Å². The third-order valence-electron chi connectivity index (χ3n) is 3.02. The number of carbonyl (C=O) groups is 1. The fraction of sp³-hybridized carbons (Fsp3) is 0.188. The quantitative estimate of drug-likeness (QED) is 0.863. The van der Waals surface area contributed by atoms with Gasteiger partial charge in [-0.25, -0.2) is 0 Å². The van der Waals surface area contributed by atoms with Crippen LogP contribution < -0.4 is 15.4 Å². The van der Waals surface area contributed by atoms with Gasteiger partial charge in [-0.2, -0.15) is 0 Å². The lowest BCUT2D eigenvalue weighted by molar-refractivity contribution is -0.114. The number of benzene rings is 2. The fourth-order valence-corrected chi connectivity index (χ4v) is 2.41. The van der Waals surface area contributed by atoms with Gasteiger partial charge < -0.3 is 15.4 Å². The van der Waals surface area contributed by atoms with E-state index < -0.39 is 0 Å². The van der Waals surface area contributed by atoms with Crippen LogP contribution in [0, 0.1) is 6.92 Å². The number of ether oxygens (including phenoxy) is 1. The molecule has 0 aliphatic heterocycles. The van der Waals surface area contributed by atoms with Crippen LogP contribution in [-0.4, -0.2) is 19.6 Å². The molecule has 0 saturated heterocycles. The lowest BCUT2D eigenvalue weighted by Gasteiger charge is -2.11. The van der Waals surface area contributed by atoms with Crippen molar-refractivity contribution in [2.45, 2.75) is 6.92 Å². The van der Waals surface area contributed by atoms with Crippen molar-refractivity contribution in [1.82, 2.24) is 0 Å². The van der Waals surface area contributed by atoms with Crippen molar-refractivity contribution in [3.8, 4) is 5.75 Å². The molecule has 1 amide bonds. The van der Waals surface area contributed by atoms with E-state index in [1.807, 2.05) is 49.4 Å². The van der Waals surface area contributed by atoms with E-state index in [1.54, 1.807) is 7.11 Å². The number of amides is 1. The normalized spacial score (nSPS) is 10.0. The average molecular weight is 349 g/mol. The van der Waals surface area contributed by atoms with Gasteiger partial charge >= 0.3 is 0 Å². The Bertz CT molecular complexity index is 644. The standard InChI is InChI=1S/C16H17BrN2O2/c1-11-5-3-4-6-14(11)19-16(20)10-18-12-7-8-15(21-2)13(17)9-12/h3-9,18H,10H2,1-2H3,(H,19,20). The maximum atomic E-state index is 11.9. The maximum Gasteiger partial charge on any atom is 0.243 e. The van der Waals surface area contributed by atoms with Gasteiger partial charge in [0.1, 0.15) is 5.75 Å². The Balaban J connectivity index is 1.92. The molecule has 5 heteroatoms. The van der Waals surface area contributed by atoms with Crippen LogP contribution in [0.4, 0.5) is 11.4 Å². The first-order valence-electron chi connectivity index (χ1n) is 6.53. The molecule has 4 nitrogen and oxygen atoms in total. The van der Waals surface area contributed by atoms with E-state index in [0.29, 0.717) is 0 Å². The first kappa shape index (κ1) is 15.4. The molecule has 110 valence electrons. The number of anilines is 2. The molecule has 2 aromatic rings. The van der Waals surface area contributed by atoms with Crippen LogP contribution in [0.15, 0.2) is 46.9 Å². The molecule has 21 heavy (non-hydrogen) atoms. The van der Waals surface area contributed by atoms with Crippen molar-refractivity contribution in [3.63, 3.8) is 0 Å². The Kier molecular flexibility index (Phi) is 5.22. The van der Waals surface area contributed by atoms with Gasteiger partial charge in [0, 0.05) is 11.4 Å². The monoisotopic (exact) mass is 348 g/mol. The zero-order valence-corrected chi connectivity index (χ0v) is 13.5. The first-order valence-corrected chi connectivity index (χ1v) is 7.32. The van der Waals surface area contributed by atoms with Gasteiger partial charge in [-0.1, -0.05) is 18.2 Å². The number of para-hydroxylation sites is 1. The number of rotatable bonds is 5. The highest BCUT2D eigenvalue weighted by molar-refractivity contribution is 9.10. The van der Waals surface area contributed by atoms with Crippen LogP contribution in [0.2, 0.25) is 0 Å². The van der Waals surface area contributed by atoms with Crippen molar-refractivity contribution in [1.29, 1.82) is 0 Å². The number of hydrogen-bond donors (Lipinski definition) is 2. The Hall–Kier alpha value is -2.01. The summed E-state index contributed by atoms with van der Waals surface area (Å²) in [4.78, 5) is 11.9. The van der Waals surface area contributed by atoms with Gasteiger partial charge in [-0.15, -0.1) is 0 Å². The maximum absolute atomic E-state index is 11.9. The van der Waals surface area contributed by atoms with Crippen LogP contribution in [-0.2, 0) is 4.79 Å². The summed E-state index contributed by atoms with van der Waals surface area (Å²) in [5.41, 5.74) is 2.72. The molecule has 2 N–H and O–H groups in total. The van der Waals surface area contributed by atoms with E-state index in [1.165, 1.54) is 0 Å². The van der Waals surface area contributed by atoms with Crippen molar-refractivity contribution in [2.24, 2.45) is 0 Å². The topological polar surface area (TPSA) is 50.4 Å². The number of halogens is 1. The average Bonchev–Trinajstić information content (AvgIpc) is 2.48. The van der Waals surface area contributed by atoms with E-state index >= 15 is 0 Å². The minimum atomic E-state index is -0.0868. The molecule has 0 fully saturated rings. The summed E-state index contributed by atoms with van der Waals surface area (Å²) in [6.45, 7) is 2.16. The molecule has 0 saturated carbocycles. The summed E-state index contributed by atoms with van der Waals surface area (Å²) >= 11 is 3.41. The van der Waals surface area contributed by atoms with E-state index in [4.69, 9.17) is 4.74 Å². The Labute approximate surface area is 132 Å². The van der Waals surface area contributed by atoms with Gasteiger partial charge in [0.2, 0.25) is 5.91 Å². The molecule has 0 atom stereocenters. The molecule has 0 bridgehead atoms. The minimum absolute atomic E-state index is 0.0868. The molecule has 2 aromatic carbocycles. The molecule has 0 aliphatic rings. The predicted molar refractivity (Wildman–Crippen MR) is 89.0 cm³/mol. The highest BCUT2D eigenvalue weighted by atomic mass is 79.9. The van der Waals surface area contributed by atoms with E-state index in [-0.39, 0.29) is 12.5 Å². The summed E-state index contributed by atoms with van der Waals surface area (Å²) in [5, 5.41) is 5.96. The number of carbonyl (C=O) groups excluding carboxylic acids is 1. The predicted octanol–water partition coefficient (Wildman–Crippen LogP) is 3.82. The minimum Gasteiger partial charge on any atom is -0.496 e. The fourth-order valence-electron chi connectivity index (χ4n) is 1.87. The Morgan fingerprint density at radius 3 is 2.67 bits per heavy atom. The molecule has 2 rings (SSSR count). The smallest absolute Gasteiger partial charge is 0.243 e. The summed E-state index contributed by atoms with van der Waals surface area (Å²) in [6.07, 6.45) is 0. The lowest BCUT2D eigenvalue weighted by atomic mass is 10.2. The largest absolute Gasteiger partial charge is 0.496 e. The van der Waals surface area contributed by atoms with Crippen molar-refractivity contribution >= 4 is 33.2 Å². The molecule has 0 aliphatic carbocycles. The molecule has 0 spiro atoms. The second kappa shape index (κ2) is 7.13. The molecule has 0 unspecified atom stereocenters. The summed E-state index contributed by atoms with van der Waals surface area (Å²) in [7, 11) is 1.61. The van der Waals surface area contributed by atoms with Crippen molar-refractivity contribution in [3.05, 3.63) is 52.5 Å². The van der Waals surface area contributed by atoms with E-state index in [9.17, 15) is 4.79 Å². The van der Waals surface area contributed by atoms with Crippen LogP contribution in [0.5, 0.6) is 5.75 Å². The van der Waals surface area contributed by atoms with Crippen LogP contribution in [0.1, 0.15) is 5.56 Å². The summed E-state index contributed by atoms with van der Waals surface area (Å²) < 4.78 is 6.01. The first-order chi connectivity index (χ1) is 10.1. The van der Waals surface area contributed by atoms with E-state index in [2.05, 4.69) is 26.6 Å². The second-order valence-electron chi connectivity index (χ2n) is 4.57. The number of hydrogen-bond acceptors (Lipinski definition) is 3. The molecule has 0 aromatic heterocycles. The zero-order chi connectivity index (χ0) is 15.2. The lowest BCUT2D eigenvalue weighted by Crippen LogP contribution is -2.22. The second-order valence-corrected chi connectivity index (χ2v) is 5.42. The molecule has 0 radical (unpaired) electrons. The number of methoxy groups -OCH3 is 1. The van der Waals surface area contributed by atoms with Crippen LogP contribution >= 0.6 is 15.9 Å². The van der Waals surface area contributed by atoms with Gasteiger partial charge in [-0.05, 0) is 52.7 Å². The third kappa shape index (κ3) is 4.23. The summed E-state index contributed by atoms with van der Waals surface area (Å²) in [6, 6.07) is 13.3. The van der Waals surface area contributed by atoms with Gasteiger partial charge in [-0.3, -0.25) is 4.79 Å². The number of aryl methyl sites for hydroxylation is 1. The van der Waals surface area contributed by atoms with Crippen LogP contribution in [0.25, 0.3) is 0 Å². The highest BCUT2D eigenvalue weighted by Crippen LogP contribution is 2.27. The molecule has 0 heterocycles. The molecular formula is C16H17BrN2O2. The van der Waals surface area contributed by atoms with Crippen molar-refractivity contribution < 1.29 is 9.53 Å². The third-order valence-corrected chi connectivity index (χ3v) is 3.64. The zero-order valence-electron chi connectivity index (χ0n) is 11.9. The van der Waals surface area contributed by atoms with E-state index in [0.717, 1.165) is 27.2 Å². The summed E-state index contributed by atoms with van der Waals surface area (Å²) in [5.74, 6) is 0.668. The van der Waals surface area contributed by atoms with Crippen molar-refractivity contribution in [2.75, 3.05) is 24.3 Å². The van der Waals surface area contributed by atoms with Gasteiger partial charge in [0.15, 0.2) is 0 Å². The van der Waals surface area contributed by atoms with Gasteiger partial charge in [0.25, 0.3) is 0 Å². The highest BCUT2D eigenvalue weighted by Gasteiger charge is 2.05. The number of nitrogens with one attached hydrogen (secondary N) is 2. The Morgan fingerprint density at radius 2 is 2.00 bits per heavy atom. The van der Waals surface area contributed by atoms with Crippen LogP contribution in [0.3, 0.4) is 0 Å². The molecular weight excluding hydrogens is 332 g/mol. The Morgan fingerprint density at radius 1 is 1.24 bits per heavy atom. The SMILES string of the molecule is COc1ccc(NCC(=O)Nc2ccccc2C)cc1Br.